The third-order valence-electron chi connectivity index (χ3n) is 3.76. The maximum atomic E-state index is 12.1. The molecule has 0 saturated carbocycles. The van der Waals surface area contributed by atoms with Crippen molar-refractivity contribution in [2.24, 2.45) is 0 Å². The molecule has 1 atom stereocenters. The Bertz CT molecular complexity index is 647. The first-order valence-corrected chi connectivity index (χ1v) is 6.72. The molecule has 3 rings (SSSR count). The highest BCUT2D eigenvalue weighted by Crippen LogP contribution is 2.35. The Morgan fingerprint density at radius 2 is 1.90 bits per heavy atom. The molecule has 0 fully saturated rings. The van der Waals surface area contributed by atoms with Crippen LogP contribution in [0.2, 0.25) is 0 Å². The van der Waals surface area contributed by atoms with Crippen LogP contribution in [-0.4, -0.2) is 13.0 Å². The lowest BCUT2D eigenvalue weighted by molar-refractivity contribution is -0.117. The number of ether oxygens (including phenoxy) is 1. The summed E-state index contributed by atoms with van der Waals surface area (Å²) in [6, 6.07) is 14.0. The Morgan fingerprint density at radius 3 is 2.60 bits per heavy atom. The lowest BCUT2D eigenvalue weighted by Gasteiger charge is -2.10. The second-order valence-electron chi connectivity index (χ2n) is 5.18. The van der Waals surface area contributed by atoms with Crippen molar-refractivity contribution in [1.29, 1.82) is 0 Å². The van der Waals surface area contributed by atoms with E-state index in [2.05, 4.69) is 11.4 Å². The molecule has 0 bridgehead atoms. The monoisotopic (exact) mass is 267 g/mol. The first-order chi connectivity index (χ1) is 9.67. The van der Waals surface area contributed by atoms with Crippen LogP contribution in [-0.2, 0) is 11.2 Å². The minimum absolute atomic E-state index is 0.0846. The molecule has 1 heterocycles. The fourth-order valence-corrected chi connectivity index (χ4v) is 2.65. The summed E-state index contributed by atoms with van der Waals surface area (Å²) in [7, 11) is 1.65. The van der Waals surface area contributed by atoms with Crippen LogP contribution in [0.25, 0.3) is 0 Å². The Labute approximate surface area is 118 Å². The molecule has 1 aliphatic heterocycles. The van der Waals surface area contributed by atoms with Crippen molar-refractivity contribution in [2.75, 3.05) is 12.4 Å². The van der Waals surface area contributed by atoms with E-state index in [0.717, 1.165) is 22.6 Å². The largest absolute Gasteiger partial charge is 0.497 e. The highest BCUT2D eigenvalue weighted by molar-refractivity contribution is 6.03. The molecule has 1 aliphatic rings. The van der Waals surface area contributed by atoms with Crippen LogP contribution in [0, 0.1) is 6.92 Å². The van der Waals surface area contributed by atoms with Gasteiger partial charge in [-0.25, -0.2) is 0 Å². The molecule has 0 spiro atoms. The molecular formula is C17H17NO2. The van der Waals surface area contributed by atoms with Gasteiger partial charge in [0.15, 0.2) is 0 Å². The second kappa shape index (κ2) is 5.00. The number of methoxy groups -OCH3 is 1. The smallest absolute Gasteiger partial charge is 0.232 e. The number of hydrogen-bond acceptors (Lipinski definition) is 2. The molecule has 1 amide bonds. The quantitative estimate of drug-likeness (QED) is 0.926. The van der Waals surface area contributed by atoms with Crippen molar-refractivity contribution >= 4 is 11.6 Å². The van der Waals surface area contributed by atoms with E-state index in [0.29, 0.717) is 6.42 Å². The van der Waals surface area contributed by atoms with Gasteiger partial charge in [-0.15, -0.1) is 0 Å². The Balaban J connectivity index is 1.87. The molecule has 0 radical (unpaired) electrons. The van der Waals surface area contributed by atoms with E-state index >= 15 is 0 Å². The highest BCUT2D eigenvalue weighted by atomic mass is 16.5. The lowest BCUT2D eigenvalue weighted by Crippen LogP contribution is -2.14. The van der Waals surface area contributed by atoms with Crippen molar-refractivity contribution in [2.45, 2.75) is 19.3 Å². The average Bonchev–Trinajstić information content (AvgIpc) is 2.76. The summed E-state index contributed by atoms with van der Waals surface area (Å²) in [6.45, 7) is 2.05. The van der Waals surface area contributed by atoms with Gasteiger partial charge in [0.1, 0.15) is 5.75 Å². The van der Waals surface area contributed by atoms with E-state index in [1.165, 1.54) is 5.56 Å². The third kappa shape index (κ3) is 2.27. The summed E-state index contributed by atoms with van der Waals surface area (Å²) in [5.74, 6) is 0.820. The summed E-state index contributed by atoms with van der Waals surface area (Å²) < 4.78 is 5.15. The Hall–Kier alpha value is -2.29. The van der Waals surface area contributed by atoms with Crippen LogP contribution < -0.4 is 10.1 Å². The lowest BCUT2D eigenvalue weighted by atomic mass is 9.92. The van der Waals surface area contributed by atoms with Crippen LogP contribution in [0.1, 0.15) is 22.6 Å². The van der Waals surface area contributed by atoms with Crippen LogP contribution in [0.15, 0.2) is 42.5 Å². The fourth-order valence-electron chi connectivity index (χ4n) is 2.65. The molecule has 0 saturated heterocycles. The summed E-state index contributed by atoms with van der Waals surface area (Å²) in [5.41, 5.74) is 4.37. The summed E-state index contributed by atoms with van der Waals surface area (Å²) in [5, 5.41) is 2.95. The van der Waals surface area contributed by atoms with Crippen LogP contribution in [0.4, 0.5) is 5.69 Å². The molecule has 3 heteroatoms. The maximum absolute atomic E-state index is 12.1. The van der Waals surface area contributed by atoms with Gasteiger partial charge in [0, 0.05) is 5.69 Å². The minimum atomic E-state index is -0.0988. The molecule has 2 aromatic carbocycles. The van der Waals surface area contributed by atoms with Gasteiger partial charge < -0.3 is 10.1 Å². The van der Waals surface area contributed by atoms with Crippen LogP contribution in [0.3, 0.4) is 0 Å². The van der Waals surface area contributed by atoms with E-state index in [1.807, 2.05) is 43.3 Å². The number of amides is 1. The van der Waals surface area contributed by atoms with E-state index < -0.39 is 0 Å². The number of carbonyl (C=O) groups is 1. The van der Waals surface area contributed by atoms with Gasteiger partial charge in [-0.1, -0.05) is 29.8 Å². The zero-order valence-electron chi connectivity index (χ0n) is 11.6. The van der Waals surface area contributed by atoms with Gasteiger partial charge in [0.05, 0.1) is 13.0 Å². The number of rotatable bonds is 3. The number of aryl methyl sites for hydroxylation is 1. The zero-order chi connectivity index (χ0) is 14.1. The highest BCUT2D eigenvalue weighted by Gasteiger charge is 2.30. The number of carbonyl (C=O) groups excluding carboxylic acids is 1. The molecule has 0 unspecified atom stereocenters. The van der Waals surface area contributed by atoms with Crippen LogP contribution in [0.5, 0.6) is 5.75 Å². The van der Waals surface area contributed by atoms with Gasteiger partial charge >= 0.3 is 0 Å². The normalized spacial score (nSPS) is 16.7. The Morgan fingerprint density at radius 1 is 1.15 bits per heavy atom. The number of anilines is 1. The topological polar surface area (TPSA) is 38.3 Å². The van der Waals surface area contributed by atoms with E-state index in [-0.39, 0.29) is 11.8 Å². The number of nitrogens with one attached hydrogen (secondary N) is 1. The standard InChI is InChI=1S/C17H17NO2/c1-11-3-8-16-14(9-11)15(17(19)18-16)10-12-4-6-13(20-2)7-5-12/h3-9,15H,10H2,1-2H3,(H,18,19)/t15-/m1/s1. The van der Waals surface area contributed by atoms with E-state index in [9.17, 15) is 4.79 Å². The second-order valence-corrected chi connectivity index (χ2v) is 5.18. The predicted molar refractivity (Wildman–Crippen MR) is 79.2 cm³/mol. The van der Waals surface area contributed by atoms with Crippen molar-refractivity contribution in [3.05, 3.63) is 59.2 Å². The van der Waals surface area contributed by atoms with Crippen molar-refractivity contribution in [3.63, 3.8) is 0 Å². The maximum Gasteiger partial charge on any atom is 0.232 e. The summed E-state index contributed by atoms with van der Waals surface area (Å²) in [4.78, 5) is 12.1. The summed E-state index contributed by atoms with van der Waals surface area (Å²) >= 11 is 0. The van der Waals surface area contributed by atoms with Crippen molar-refractivity contribution in [1.82, 2.24) is 0 Å². The first kappa shape index (κ1) is 12.7. The predicted octanol–water partition coefficient (Wildman–Crippen LogP) is 3.28. The molecule has 20 heavy (non-hydrogen) atoms. The SMILES string of the molecule is COc1ccc(C[C@H]2C(=O)Nc3ccc(C)cc32)cc1. The van der Waals surface area contributed by atoms with Gasteiger partial charge in [0.2, 0.25) is 5.91 Å². The van der Waals surface area contributed by atoms with Crippen molar-refractivity contribution < 1.29 is 9.53 Å². The molecule has 102 valence electrons. The third-order valence-corrected chi connectivity index (χ3v) is 3.76. The van der Waals surface area contributed by atoms with Gasteiger partial charge in [0.25, 0.3) is 0 Å². The van der Waals surface area contributed by atoms with E-state index in [4.69, 9.17) is 4.74 Å². The Kier molecular flexibility index (Phi) is 3.18. The van der Waals surface area contributed by atoms with Gasteiger partial charge in [-0.3, -0.25) is 4.79 Å². The number of hydrogen-bond donors (Lipinski definition) is 1. The summed E-state index contributed by atoms with van der Waals surface area (Å²) in [6.07, 6.45) is 0.715. The molecule has 1 N–H and O–H groups in total. The van der Waals surface area contributed by atoms with E-state index in [1.54, 1.807) is 7.11 Å². The van der Waals surface area contributed by atoms with Crippen LogP contribution >= 0.6 is 0 Å². The first-order valence-electron chi connectivity index (χ1n) is 6.72. The molecular weight excluding hydrogens is 250 g/mol. The average molecular weight is 267 g/mol. The molecule has 0 aromatic heterocycles. The zero-order valence-corrected chi connectivity index (χ0v) is 11.6. The molecule has 2 aromatic rings. The minimum Gasteiger partial charge on any atom is -0.497 e. The molecule has 3 nitrogen and oxygen atoms in total. The van der Waals surface area contributed by atoms with Gasteiger partial charge in [-0.2, -0.15) is 0 Å². The number of fused-ring (bicyclic) bond motifs is 1. The van der Waals surface area contributed by atoms with Gasteiger partial charge in [-0.05, 0) is 42.7 Å². The number of benzene rings is 2. The molecule has 0 aliphatic carbocycles. The fraction of sp³-hybridized carbons (Fsp3) is 0.235. The van der Waals surface area contributed by atoms with Crippen molar-refractivity contribution in [3.8, 4) is 5.75 Å².